The van der Waals surface area contributed by atoms with Gasteiger partial charge in [-0.25, -0.2) is 13.4 Å². The predicted octanol–water partition coefficient (Wildman–Crippen LogP) is 4.15. The number of hydrogen-bond acceptors (Lipinski definition) is 6. The van der Waals surface area contributed by atoms with E-state index in [0.717, 1.165) is 16.6 Å². The first-order valence-corrected chi connectivity index (χ1v) is 12.0. The van der Waals surface area contributed by atoms with Gasteiger partial charge in [-0.15, -0.1) is 0 Å². The minimum atomic E-state index is -3.70. The molecule has 160 valence electrons. The second-order valence-electron chi connectivity index (χ2n) is 6.58. The number of anilines is 1. The fraction of sp³-hybridized carbons (Fsp3) is 0.333. The molecule has 2 aromatic carbocycles. The monoisotopic (exact) mass is 447 g/mol. The quantitative estimate of drug-likeness (QED) is 0.560. The standard InChI is InChI=1S/C21H25N3O4S2/c1-5-14-8-10-17-19(12-14)29-21(22-17)23-20(25)16-13-15(9-11-18(16)28-4)30(26,27)24(6-2)7-3/h8-13H,5-7H2,1-4H3,(H,22,23,25). The molecule has 1 amide bonds. The molecular weight excluding hydrogens is 422 g/mol. The number of amides is 1. The van der Waals surface area contributed by atoms with Crippen LogP contribution in [0.5, 0.6) is 5.75 Å². The van der Waals surface area contributed by atoms with Gasteiger partial charge in [0.15, 0.2) is 5.13 Å². The Morgan fingerprint density at radius 1 is 1.13 bits per heavy atom. The van der Waals surface area contributed by atoms with Crippen LogP contribution in [0.3, 0.4) is 0 Å². The molecule has 1 N–H and O–H groups in total. The van der Waals surface area contributed by atoms with Gasteiger partial charge in [0.1, 0.15) is 5.75 Å². The second-order valence-corrected chi connectivity index (χ2v) is 9.55. The van der Waals surface area contributed by atoms with Gasteiger partial charge in [0.2, 0.25) is 10.0 Å². The van der Waals surface area contributed by atoms with Gasteiger partial charge in [0.05, 0.1) is 27.8 Å². The van der Waals surface area contributed by atoms with Crippen LogP contribution in [0.25, 0.3) is 10.2 Å². The maximum absolute atomic E-state index is 12.9. The first-order chi connectivity index (χ1) is 14.3. The Labute approximate surface area is 180 Å². The highest BCUT2D eigenvalue weighted by atomic mass is 32.2. The summed E-state index contributed by atoms with van der Waals surface area (Å²) >= 11 is 1.37. The van der Waals surface area contributed by atoms with E-state index in [0.29, 0.717) is 24.0 Å². The molecular formula is C21H25N3O4S2. The summed E-state index contributed by atoms with van der Waals surface area (Å²) in [5.74, 6) is -0.182. The van der Waals surface area contributed by atoms with Gasteiger partial charge < -0.3 is 4.74 Å². The SMILES string of the molecule is CCc1ccc2nc(NC(=O)c3cc(S(=O)(=O)N(CC)CC)ccc3OC)sc2c1. The van der Waals surface area contributed by atoms with Crippen molar-refractivity contribution in [2.24, 2.45) is 0 Å². The largest absolute Gasteiger partial charge is 0.496 e. The Bertz CT molecular complexity index is 1170. The number of hydrogen-bond donors (Lipinski definition) is 1. The van der Waals surface area contributed by atoms with Crippen molar-refractivity contribution in [3.63, 3.8) is 0 Å². The number of aryl methyl sites for hydroxylation is 1. The molecule has 1 aromatic heterocycles. The lowest BCUT2D eigenvalue weighted by atomic mass is 10.2. The van der Waals surface area contributed by atoms with Gasteiger partial charge in [0.25, 0.3) is 5.91 Å². The van der Waals surface area contributed by atoms with Crippen molar-refractivity contribution in [3.05, 3.63) is 47.5 Å². The maximum atomic E-state index is 12.9. The highest BCUT2D eigenvalue weighted by Crippen LogP contribution is 2.29. The van der Waals surface area contributed by atoms with E-state index in [1.807, 2.05) is 12.1 Å². The van der Waals surface area contributed by atoms with Crippen molar-refractivity contribution in [2.75, 3.05) is 25.5 Å². The van der Waals surface area contributed by atoms with E-state index in [1.165, 1.54) is 46.5 Å². The zero-order valence-corrected chi connectivity index (χ0v) is 19.1. The van der Waals surface area contributed by atoms with Crippen molar-refractivity contribution in [1.29, 1.82) is 0 Å². The molecule has 0 unspecified atom stereocenters. The topological polar surface area (TPSA) is 88.6 Å². The molecule has 9 heteroatoms. The van der Waals surface area contributed by atoms with E-state index >= 15 is 0 Å². The molecule has 0 saturated carbocycles. The average molecular weight is 448 g/mol. The molecule has 1 heterocycles. The lowest BCUT2D eigenvalue weighted by Gasteiger charge is -2.19. The molecule has 7 nitrogen and oxygen atoms in total. The summed E-state index contributed by atoms with van der Waals surface area (Å²) in [6.07, 6.45) is 0.917. The fourth-order valence-corrected chi connectivity index (χ4v) is 5.55. The highest BCUT2D eigenvalue weighted by Gasteiger charge is 2.25. The zero-order valence-electron chi connectivity index (χ0n) is 17.4. The van der Waals surface area contributed by atoms with Crippen LogP contribution in [0.15, 0.2) is 41.3 Å². The van der Waals surface area contributed by atoms with Gasteiger partial charge in [-0.05, 0) is 42.3 Å². The summed E-state index contributed by atoms with van der Waals surface area (Å²) in [6, 6.07) is 10.3. The molecule has 0 aliphatic carbocycles. The van der Waals surface area contributed by atoms with Crippen LogP contribution >= 0.6 is 11.3 Å². The van der Waals surface area contributed by atoms with Crippen molar-refractivity contribution < 1.29 is 17.9 Å². The first-order valence-electron chi connectivity index (χ1n) is 9.73. The van der Waals surface area contributed by atoms with Crippen LogP contribution in [0.4, 0.5) is 5.13 Å². The number of aromatic nitrogens is 1. The average Bonchev–Trinajstić information content (AvgIpc) is 3.15. The number of thiazole rings is 1. The number of fused-ring (bicyclic) bond motifs is 1. The Kier molecular flexibility index (Phi) is 6.74. The molecule has 0 spiro atoms. The van der Waals surface area contributed by atoms with E-state index in [1.54, 1.807) is 13.8 Å². The van der Waals surface area contributed by atoms with Gasteiger partial charge in [-0.2, -0.15) is 4.31 Å². The van der Waals surface area contributed by atoms with Crippen LogP contribution < -0.4 is 10.1 Å². The predicted molar refractivity (Wildman–Crippen MR) is 120 cm³/mol. The number of rotatable bonds is 8. The normalized spacial score (nSPS) is 11.8. The number of nitrogens with zero attached hydrogens (tertiary/aromatic N) is 2. The van der Waals surface area contributed by atoms with Crippen LogP contribution in [-0.4, -0.2) is 43.8 Å². The third kappa shape index (κ3) is 4.33. The number of carbonyl (C=O) groups is 1. The minimum absolute atomic E-state index is 0.0500. The van der Waals surface area contributed by atoms with E-state index in [-0.39, 0.29) is 10.5 Å². The van der Waals surface area contributed by atoms with E-state index < -0.39 is 15.9 Å². The number of ether oxygens (including phenoxy) is 1. The number of benzene rings is 2. The molecule has 3 rings (SSSR count). The molecule has 30 heavy (non-hydrogen) atoms. The molecule has 0 atom stereocenters. The van der Waals surface area contributed by atoms with E-state index in [4.69, 9.17) is 4.74 Å². The molecule has 0 saturated heterocycles. The third-order valence-corrected chi connectivity index (χ3v) is 7.82. The number of methoxy groups -OCH3 is 1. The first kappa shape index (κ1) is 22.2. The summed E-state index contributed by atoms with van der Waals surface area (Å²) < 4.78 is 33.3. The van der Waals surface area contributed by atoms with Crippen molar-refractivity contribution in [1.82, 2.24) is 9.29 Å². The zero-order chi connectivity index (χ0) is 21.9. The van der Waals surface area contributed by atoms with Gasteiger partial charge in [0, 0.05) is 13.1 Å². The molecule has 0 fully saturated rings. The summed E-state index contributed by atoms with van der Waals surface area (Å²) in [4.78, 5) is 17.5. The van der Waals surface area contributed by atoms with E-state index in [9.17, 15) is 13.2 Å². The molecule has 0 radical (unpaired) electrons. The number of carbonyl (C=O) groups excluding carboxylic acids is 1. The lowest BCUT2D eigenvalue weighted by molar-refractivity contribution is 0.102. The lowest BCUT2D eigenvalue weighted by Crippen LogP contribution is -2.30. The van der Waals surface area contributed by atoms with Crippen molar-refractivity contribution in [3.8, 4) is 5.75 Å². The highest BCUT2D eigenvalue weighted by molar-refractivity contribution is 7.89. The van der Waals surface area contributed by atoms with Crippen LogP contribution in [0.2, 0.25) is 0 Å². The fourth-order valence-electron chi connectivity index (χ4n) is 3.14. The molecule has 0 bridgehead atoms. The Hall–Kier alpha value is -2.49. The van der Waals surface area contributed by atoms with Crippen LogP contribution in [-0.2, 0) is 16.4 Å². The Morgan fingerprint density at radius 2 is 1.87 bits per heavy atom. The van der Waals surface area contributed by atoms with Crippen LogP contribution in [0.1, 0.15) is 36.7 Å². The molecule has 3 aromatic rings. The maximum Gasteiger partial charge on any atom is 0.261 e. The third-order valence-electron chi connectivity index (χ3n) is 4.84. The number of sulfonamides is 1. The Morgan fingerprint density at radius 3 is 2.50 bits per heavy atom. The van der Waals surface area contributed by atoms with Crippen LogP contribution in [0, 0.1) is 0 Å². The summed E-state index contributed by atoms with van der Waals surface area (Å²) in [7, 11) is -2.26. The Balaban J connectivity index is 1.95. The summed E-state index contributed by atoms with van der Waals surface area (Å²) in [5, 5.41) is 3.22. The summed E-state index contributed by atoms with van der Waals surface area (Å²) in [5.41, 5.74) is 2.14. The summed E-state index contributed by atoms with van der Waals surface area (Å²) in [6.45, 7) is 6.32. The van der Waals surface area contributed by atoms with Gasteiger partial charge in [-0.3, -0.25) is 10.1 Å². The molecule has 0 aliphatic heterocycles. The molecule has 0 aliphatic rings. The van der Waals surface area contributed by atoms with E-state index in [2.05, 4.69) is 23.3 Å². The number of nitrogens with one attached hydrogen (secondary N) is 1. The van der Waals surface area contributed by atoms with Crippen molar-refractivity contribution in [2.45, 2.75) is 32.1 Å². The smallest absolute Gasteiger partial charge is 0.261 e. The second kappa shape index (κ2) is 9.11. The minimum Gasteiger partial charge on any atom is -0.496 e. The van der Waals surface area contributed by atoms with Gasteiger partial charge in [-0.1, -0.05) is 38.2 Å². The van der Waals surface area contributed by atoms with Crippen molar-refractivity contribution >= 4 is 42.6 Å². The van der Waals surface area contributed by atoms with Gasteiger partial charge >= 0.3 is 0 Å².